The highest BCUT2D eigenvalue weighted by atomic mass is 16.3. The van der Waals surface area contributed by atoms with E-state index < -0.39 is 12.1 Å². The van der Waals surface area contributed by atoms with Crippen LogP contribution in [-0.4, -0.2) is 34.9 Å². The number of rotatable bonds is 57. The van der Waals surface area contributed by atoms with Crippen LogP contribution in [0.25, 0.3) is 0 Å². The predicted octanol–water partition coefficient (Wildman–Crippen LogP) is 20.8. The second-order valence-electron chi connectivity index (χ2n) is 21.1. The van der Waals surface area contributed by atoms with E-state index in [1.807, 2.05) is 6.08 Å². The van der Waals surface area contributed by atoms with Crippen LogP contribution in [-0.2, 0) is 4.79 Å². The third-order valence-electron chi connectivity index (χ3n) is 14.2. The molecule has 0 aliphatic heterocycles. The van der Waals surface area contributed by atoms with Gasteiger partial charge in [-0.05, 0) is 70.6 Å². The van der Waals surface area contributed by atoms with Gasteiger partial charge in [-0.25, -0.2) is 0 Å². The quantitative estimate of drug-likeness (QED) is 0.0420. The molecule has 404 valence electrons. The molecule has 0 aliphatic carbocycles. The first kappa shape index (κ1) is 67.1. The summed E-state index contributed by atoms with van der Waals surface area (Å²) in [5.74, 6) is -0.0690. The van der Waals surface area contributed by atoms with Crippen molar-refractivity contribution in [2.24, 2.45) is 0 Å². The predicted molar refractivity (Wildman–Crippen MR) is 308 cm³/mol. The Balaban J connectivity index is 3.46. The summed E-state index contributed by atoms with van der Waals surface area (Å²) < 4.78 is 0. The summed E-state index contributed by atoms with van der Waals surface area (Å²) in [5.41, 5.74) is 0. The van der Waals surface area contributed by atoms with Gasteiger partial charge in [0.2, 0.25) is 5.91 Å². The summed E-state index contributed by atoms with van der Waals surface area (Å²) in [6.45, 7) is 4.31. The molecule has 69 heavy (non-hydrogen) atoms. The third kappa shape index (κ3) is 56.9. The Morgan fingerprint density at radius 1 is 0.348 bits per heavy atom. The van der Waals surface area contributed by atoms with Crippen LogP contribution in [0.5, 0.6) is 0 Å². The Bertz CT molecular complexity index is 1140. The molecule has 1 amide bonds. The minimum Gasteiger partial charge on any atom is -0.394 e. The van der Waals surface area contributed by atoms with Crippen LogP contribution in [0.4, 0.5) is 0 Å². The molecule has 0 saturated heterocycles. The van der Waals surface area contributed by atoms with Gasteiger partial charge >= 0.3 is 0 Å². The molecule has 4 nitrogen and oxygen atoms in total. The normalized spacial score (nSPS) is 13.2. The summed E-state index contributed by atoms with van der Waals surface area (Å²) in [7, 11) is 0. The van der Waals surface area contributed by atoms with Crippen molar-refractivity contribution in [1.82, 2.24) is 5.32 Å². The lowest BCUT2D eigenvalue weighted by atomic mass is 10.0. The molecule has 0 aromatic rings. The van der Waals surface area contributed by atoms with Gasteiger partial charge in [0, 0.05) is 6.42 Å². The molecule has 0 spiro atoms. The van der Waals surface area contributed by atoms with Crippen molar-refractivity contribution >= 4 is 5.91 Å². The van der Waals surface area contributed by atoms with Crippen molar-refractivity contribution in [3.8, 4) is 0 Å². The first-order chi connectivity index (χ1) is 34.2. The number of hydrogen-bond donors (Lipinski definition) is 3. The highest BCUT2D eigenvalue weighted by Crippen LogP contribution is 2.17. The first-order valence-corrected chi connectivity index (χ1v) is 31.0. The van der Waals surface area contributed by atoms with Gasteiger partial charge in [-0.3, -0.25) is 4.79 Å². The van der Waals surface area contributed by atoms with Crippen LogP contribution in [0.3, 0.4) is 0 Å². The third-order valence-corrected chi connectivity index (χ3v) is 14.2. The topological polar surface area (TPSA) is 69.6 Å². The number of carbonyl (C=O) groups excluding carboxylic acids is 1. The smallest absolute Gasteiger partial charge is 0.220 e. The van der Waals surface area contributed by atoms with Gasteiger partial charge in [0.1, 0.15) is 0 Å². The highest BCUT2D eigenvalue weighted by Gasteiger charge is 2.18. The number of aliphatic hydroxyl groups is 2. The van der Waals surface area contributed by atoms with E-state index in [4.69, 9.17) is 0 Å². The molecule has 4 heteroatoms. The summed E-state index contributed by atoms with van der Waals surface area (Å²) in [6.07, 6.45) is 85.6. The van der Waals surface area contributed by atoms with E-state index in [9.17, 15) is 15.0 Å². The lowest BCUT2D eigenvalue weighted by Gasteiger charge is -2.19. The van der Waals surface area contributed by atoms with Crippen LogP contribution < -0.4 is 5.32 Å². The van der Waals surface area contributed by atoms with Crippen LogP contribution in [0.1, 0.15) is 328 Å². The van der Waals surface area contributed by atoms with Crippen LogP contribution in [0.15, 0.2) is 60.8 Å². The molecule has 0 fully saturated rings. The molecule has 0 saturated carbocycles. The van der Waals surface area contributed by atoms with E-state index in [2.05, 4.69) is 67.8 Å². The number of carbonyl (C=O) groups is 1. The lowest BCUT2D eigenvalue weighted by Crippen LogP contribution is -2.45. The second-order valence-corrected chi connectivity index (χ2v) is 21.1. The summed E-state index contributed by atoms with van der Waals surface area (Å²) in [5, 5.41) is 23.2. The Morgan fingerprint density at radius 2 is 0.609 bits per heavy atom. The van der Waals surface area contributed by atoms with Crippen molar-refractivity contribution in [3.05, 3.63) is 60.8 Å². The SMILES string of the molecule is CCCCCCC/C=C\C/C=C\C/C=C\CCCCCCCCCCCCCCCCCCCCCCCCC(=O)NC(CO)C(O)/C=C/CC/C=C/CCCCCCCCCCCCCCCC. The Morgan fingerprint density at radius 3 is 0.942 bits per heavy atom. The molecule has 0 rings (SSSR count). The van der Waals surface area contributed by atoms with Crippen molar-refractivity contribution in [1.29, 1.82) is 0 Å². The minimum absolute atomic E-state index is 0.0690. The molecular weight excluding hydrogens is 843 g/mol. The van der Waals surface area contributed by atoms with E-state index >= 15 is 0 Å². The molecule has 2 unspecified atom stereocenters. The molecule has 3 N–H and O–H groups in total. The van der Waals surface area contributed by atoms with Crippen molar-refractivity contribution in [3.63, 3.8) is 0 Å². The fraction of sp³-hybridized carbons (Fsp3) is 0.831. The van der Waals surface area contributed by atoms with Gasteiger partial charge in [0.15, 0.2) is 0 Å². The molecule has 0 bridgehead atoms. The fourth-order valence-corrected chi connectivity index (χ4v) is 9.50. The number of amides is 1. The van der Waals surface area contributed by atoms with Gasteiger partial charge in [-0.15, -0.1) is 0 Å². The monoisotopic (exact) mass is 964 g/mol. The maximum atomic E-state index is 12.5. The van der Waals surface area contributed by atoms with Crippen LogP contribution >= 0.6 is 0 Å². The maximum Gasteiger partial charge on any atom is 0.220 e. The van der Waals surface area contributed by atoms with E-state index in [1.165, 1.54) is 263 Å². The highest BCUT2D eigenvalue weighted by molar-refractivity contribution is 5.76. The molecule has 0 aromatic heterocycles. The first-order valence-electron chi connectivity index (χ1n) is 31.0. The number of unbranched alkanes of at least 4 members (excludes halogenated alkanes) is 42. The zero-order valence-corrected chi connectivity index (χ0v) is 46.6. The second kappa shape index (κ2) is 60.4. The number of nitrogens with one attached hydrogen (secondary N) is 1. The van der Waals surface area contributed by atoms with E-state index in [0.29, 0.717) is 6.42 Å². The summed E-state index contributed by atoms with van der Waals surface area (Å²) >= 11 is 0. The van der Waals surface area contributed by atoms with E-state index in [-0.39, 0.29) is 12.5 Å². The molecule has 0 radical (unpaired) electrons. The van der Waals surface area contributed by atoms with Gasteiger partial charge < -0.3 is 15.5 Å². The van der Waals surface area contributed by atoms with Crippen LogP contribution in [0, 0.1) is 0 Å². The Kier molecular flexibility index (Phi) is 58.7. The average Bonchev–Trinajstić information content (AvgIpc) is 3.35. The van der Waals surface area contributed by atoms with Gasteiger partial charge in [0.05, 0.1) is 18.8 Å². The number of hydrogen-bond acceptors (Lipinski definition) is 3. The molecule has 0 aromatic carbocycles. The zero-order chi connectivity index (χ0) is 49.9. The molecule has 2 atom stereocenters. The van der Waals surface area contributed by atoms with Crippen molar-refractivity contribution in [2.45, 2.75) is 341 Å². The lowest BCUT2D eigenvalue weighted by molar-refractivity contribution is -0.123. The standard InChI is InChI=1S/C65H121NO3/c1-3-5-7-9-11-13-15-17-19-21-23-25-26-27-28-29-30-31-32-33-34-35-36-37-38-39-40-41-43-45-47-49-51-53-55-57-59-61-65(69)66-63(62-67)64(68)60-58-56-54-52-50-48-46-44-42-24-22-20-18-16-14-12-10-8-6-4-2/h15,17,21,23,26-27,50,52,58,60,63-64,67-68H,3-14,16,18-20,22,24-25,28-49,51,53-57,59,61-62H2,1-2H3,(H,66,69)/b17-15-,23-21-,27-26-,52-50+,60-58+. The van der Waals surface area contributed by atoms with Crippen LogP contribution in [0.2, 0.25) is 0 Å². The summed E-state index contributed by atoms with van der Waals surface area (Å²) in [4.78, 5) is 12.5. The van der Waals surface area contributed by atoms with E-state index in [0.717, 1.165) is 44.9 Å². The van der Waals surface area contributed by atoms with Gasteiger partial charge in [-0.2, -0.15) is 0 Å². The number of allylic oxidation sites excluding steroid dienone is 9. The largest absolute Gasteiger partial charge is 0.394 e. The molecule has 0 heterocycles. The molecular formula is C65H121NO3. The van der Waals surface area contributed by atoms with Crippen molar-refractivity contribution in [2.75, 3.05) is 6.61 Å². The minimum atomic E-state index is -0.863. The van der Waals surface area contributed by atoms with Crippen molar-refractivity contribution < 1.29 is 15.0 Å². The summed E-state index contributed by atoms with van der Waals surface area (Å²) in [6, 6.07) is -0.640. The molecule has 0 aliphatic rings. The number of aliphatic hydroxyl groups excluding tert-OH is 2. The maximum absolute atomic E-state index is 12.5. The van der Waals surface area contributed by atoms with Gasteiger partial charge in [0.25, 0.3) is 0 Å². The zero-order valence-electron chi connectivity index (χ0n) is 46.6. The Labute approximate surface area is 432 Å². The Hall–Kier alpha value is -1.91. The van der Waals surface area contributed by atoms with E-state index in [1.54, 1.807) is 6.08 Å². The average molecular weight is 965 g/mol. The fourth-order valence-electron chi connectivity index (χ4n) is 9.50. The van der Waals surface area contributed by atoms with Gasteiger partial charge in [-0.1, -0.05) is 312 Å².